The Kier molecular flexibility index (Phi) is 4.84. The summed E-state index contributed by atoms with van der Waals surface area (Å²) in [6.07, 6.45) is 3.85. The molecule has 1 saturated heterocycles. The van der Waals surface area contributed by atoms with Crippen molar-refractivity contribution in [3.8, 4) is 5.75 Å². The second-order valence-corrected chi connectivity index (χ2v) is 5.34. The molecule has 1 heterocycles. The fraction of sp³-hybridized carbons (Fsp3) is 0.533. The lowest BCUT2D eigenvalue weighted by molar-refractivity contribution is 0.152. The molecule has 1 fully saturated rings. The lowest BCUT2D eigenvalue weighted by Gasteiger charge is -2.33. The SMILES string of the molecule is COc1cc(CN2CCCCC2C)ccc1/C(N)=N/O. The predicted octanol–water partition coefficient (Wildman–Crippen LogP) is 2.16. The van der Waals surface area contributed by atoms with Gasteiger partial charge >= 0.3 is 0 Å². The highest BCUT2D eigenvalue weighted by Gasteiger charge is 2.19. The Balaban J connectivity index is 2.17. The molecule has 1 unspecified atom stereocenters. The smallest absolute Gasteiger partial charge is 0.173 e. The van der Waals surface area contributed by atoms with Crippen LogP contribution in [0.5, 0.6) is 5.75 Å². The number of likely N-dealkylation sites (tertiary alicyclic amines) is 1. The third-order valence-corrected chi connectivity index (χ3v) is 3.98. The minimum absolute atomic E-state index is 0.0692. The van der Waals surface area contributed by atoms with E-state index < -0.39 is 0 Å². The Labute approximate surface area is 120 Å². The van der Waals surface area contributed by atoms with E-state index in [0.717, 1.165) is 13.1 Å². The van der Waals surface area contributed by atoms with Crippen molar-refractivity contribution in [1.29, 1.82) is 0 Å². The average Bonchev–Trinajstić information content (AvgIpc) is 2.48. The van der Waals surface area contributed by atoms with Gasteiger partial charge in [0.2, 0.25) is 0 Å². The summed E-state index contributed by atoms with van der Waals surface area (Å²) in [6.45, 7) is 4.33. The van der Waals surface area contributed by atoms with Crippen LogP contribution in [0.2, 0.25) is 0 Å². The number of oxime groups is 1. The van der Waals surface area contributed by atoms with Gasteiger partial charge < -0.3 is 15.7 Å². The normalized spacial score (nSPS) is 20.9. The van der Waals surface area contributed by atoms with Crippen LogP contribution in [0, 0.1) is 0 Å². The van der Waals surface area contributed by atoms with Gasteiger partial charge in [0.15, 0.2) is 5.84 Å². The number of methoxy groups -OCH3 is 1. The van der Waals surface area contributed by atoms with Gasteiger partial charge in [-0.2, -0.15) is 0 Å². The van der Waals surface area contributed by atoms with E-state index in [1.54, 1.807) is 7.11 Å². The Hall–Kier alpha value is -1.75. The quantitative estimate of drug-likeness (QED) is 0.383. The molecular formula is C15H23N3O2. The summed E-state index contributed by atoms with van der Waals surface area (Å²) in [6, 6.07) is 6.45. The molecule has 0 bridgehead atoms. The number of hydrogen-bond acceptors (Lipinski definition) is 4. The summed E-state index contributed by atoms with van der Waals surface area (Å²) in [7, 11) is 1.59. The van der Waals surface area contributed by atoms with Crippen molar-refractivity contribution in [2.24, 2.45) is 10.9 Å². The van der Waals surface area contributed by atoms with Gasteiger partial charge in [-0.1, -0.05) is 17.6 Å². The number of nitrogens with zero attached hydrogens (tertiary/aromatic N) is 2. The van der Waals surface area contributed by atoms with Crippen molar-refractivity contribution in [2.45, 2.75) is 38.8 Å². The van der Waals surface area contributed by atoms with E-state index in [1.807, 2.05) is 18.2 Å². The summed E-state index contributed by atoms with van der Waals surface area (Å²) in [5, 5.41) is 11.8. The van der Waals surface area contributed by atoms with Gasteiger partial charge in [0.05, 0.1) is 12.7 Å². The third-order valence-electron chi connectivity index (χ3n) is 3.98. The van der Waals surface area contributed by atoms with Crippen molar-refractivity contribution in [1.82, 2.24) is 4.90 Å². The largest absolute Gasteiger partial charge is 0.496 e. The van der Waals surface area contributed by atoms with Crippen LogP contribution in [0.1, 0.15) is 37.3 Å². The van der Waals surface area contributed by atoms with Crippen LogP contribution in [0.4, 0.5) is 0 Å². The van der Waals surface area contributed by atoms with E-state index in [4.69, 9.17) is 15.7 Å². The molecule has 2 rings (SSSR count). The second kappa shape index (κ2) is 6.61. The maximum atomic E-state index is 8.77. The Morgan fingerprint density at radius 3 is 2.95 bits per heavy atom. The van der Waals surface area contributed by atoms with Crippen molar-refractivity contribution in [3.63, 3.8) is 0 Å². The maximum Gasteiger partial charge on any atom is 0.173 e. The number of rotatable bonds is 4. The molecule has 1 aliphatic heterocycles. The molecule has 0 saturated carbocycles. The van der Waals surface area contributed by atoms with E-state index in [0.29, 0.717) is 17.4 Å². The van der Waals surface area contributed by atoms with Crippen LogP contribution in [0.25, 0.3) is 0 Å². The van der Waals surface area contributed by atoms with Gasteiger partial charge in [-0.05, 0) is 44.0 Å². The molecule has 1 aromatic rings. The van der Waals surface area contributed by atoms with Gasteiger partial charge in [0, 0.05) is 12.6 Å². The highest BCUT2D eigenvalue weighted by atomic mass is 16.5. The average molecular weight is 277 g/mol. The lowest BCUT2D eigenvalue weighted by atomic mass is 10.0. The Morgan fingerprint density at radius 1 is 1.50 bits per heavy atom. The molecule has 110 valence electrons. The number of nitrogens with two attached hydrogens (primary N) is 1. The first-order valence-electron chi connectivity index (χ1n) is 7.04. The first kappa shape index (κ1) is 14.7. The van der Waals surface area contributed by atoms with Gasteiger partial charge in [-0.15, -0.1) is 0 Å². The van der Waals surface area contributed by atoms with E-state index in [9.17, 15) is 0 Å². The van der Waals surface area contributed by atoms with Crippen LogP contribution in [-0.2, 0) is 6.54 Å². The lowest BCUT2D eigenvalue weighted by Crippen LogP contribution is -2.36. The van der Waals surface area contributed by atoms with Gasteiger partial charge in [-0.3, -0.25) is 4.90 Å². The van der Waals surface area contributed by atoms with Crippen LogP contribution in [0.3, 0.4) is 0 Å². The monoisotopic (exact) mass is 277 g/mol. The molecule has 5 nitrogen and oxygen atoms in total. The van der Waals surface area contributed by atoms with Crippen LogP contribution in [0.15, 0.2) is 23.4 Å². The number of piperidine rings is 1. The van der Waals surface area contributed by atoms with E-state index >= 15 is 0 Å². The predicted molar refractivity (Wildman–Crippen MR) is 79.2 cm³/mol. The zero-order valence-electron chi connectivity index (χ0n) is 12.2. The van der Waals surface area contributed by atoms with Crippen LogP contribution >= 0.6 is 0 Å². The first-order chi connectivity index (χ1) is 9.65. The minimum atomic E-state index is 0.0692. The molecule has 0 radical (unpaired) electrons. The molecule has 0 amide bonds. The molecule has 1 atom stereocenters. The zero-order valence-corrected chi connectivity index (χ0v) is 12.2. The van der Waals surface area contributed by atoms with Crippen molar-refractivity contribution >= 4 is 5.84 Å². The Bertz CT molecular complexity index is 488. The standard InChI is InChI=1S/C15H23N3O2/c1-11-5-3-4-8-18(11)10-12-6-7-13(15(16)17-19)14(9-12)20-2/h6-7,9,11,19H,3-5,8,10H2,1-2H3,(H2,16,17). The molecule has 3 N–H and O–H groups in total. The van der Waals surface area contributed by atoms with E-state index in [-0.39, 0.29) is 5.84 Å². The molecule has 5 heteroatoms. The van der Waals surface area contributed by atoms with Gasteiger partial charge in [0.25, 0.3) is 0 Å². The fourth-order valence-corrected chi connectivity index (χ4v) is 2.73. The van der Waals surface area contributed by atoms with E-state index in [2.05, 4.69) is 17.0 Å². The highest BCUT2D eigenvalue weighted by molar-refractivity contribution is 5.99. The van der Waals surface area contributed by atoms with Crippen LogP contribution < -0.4 is 10.5 Å². The molecule has 20 heavy (non-hydrogen) atoms. The van der Waals surface area contributed by atoms with Gasteiger partial charge in [0.1, 0.15) is 5.75 Å². The number of hydrogen-bond donors (Lipinski definition) is 2. The molecule has 1 aliphatic rings. The summed E-state index contributed by atoms with van der Waals surface area (Å²) in [4.78, 5) is 2.49. The molecular weight excluding hydrogens is 254 g/mol. The van der Waals surface area contributed by atoms with Crippen molar-refractivity contribution in [2.75, 3.05) is 13.7 Å². The fourth-order valence-electron chi connectivity index (χ4n) is 2.73. The Morgan fingerprint density at radius 2 is 2.30 bits per heavy atom. The summed E-state index contributed by atoms with van der Waals surface area (Å²) < 4.78 is 5.33. The second-order valence-electron chi connectivity index (χ2n) is 5.34. The van der Waals surface area contributed by atoms with Crippen molar-refractivity contribution < 1.29 is 9.94 Å². The molecule has 0 spiro atoms. The highest BCUT2D eigenvalue weighted by Crippen LogP contribution is 2.24. The number of amidine groups is 1. The summed E-state index contributed by atoms with van der Waals surface area (Å²) >= 11 is 0. The minimum Gasteiger partial charge on any atom is -0.496 e. The number of ether oxygens (including phenoxy) is 1. The van der Waals surface area contributed by atoms with E-state index in [1.165, 1.54) is 24.8 Å². The first-order valence-corrected chi connectivity index (χ1v) is 7.04. The molecule has 0 aliphatic carbocycles. The van der Waals surface area contributed by atoms with Crippen LogP contribution in [-0.4, -0.2) is 35.6 Å². The summed E-state index contributed by atoms with van der Waals surface area (Å²) in [5.41, 5.74) is 7.44. The molecule has 1 aromatic carbocycles. The molecule has 0 aromatic heterocycles. The number of benzene rings is 1. The summed E-state index contributed by atoms with van der Waals surface area (Å²) in [5.74, 6) is 0.710. The topological polar surface area (TPSA) is 71.1 Å². The van der Waals surface area contributed by atoms with Gasteiger partial charge in [-0.25, -0.2) is 0 Å². The zero-order chi connectivity index (χ0) is 14.5. The van der Waals surface area contributed by atoms with Crippen molar-refractivity contribution in [3.05, 3.63) is 29.3 Å². The maximum absolute atomic E-state index is 8.77. The third kappa shape index (κ3) is 3.22.